The molecular weight excluding hydrogens is 608 g/mol. The summed E-state index contributed by atoms with van der Waals surface area (Å²) in [5, 5.41) is 53.6. The van der Waals surface area contributed by atoms with E-state index in [1.54, 1.807) is 12.4 Å². The fraction of sp³-hybridized carbons (Fsp3) is 0.500. The highest BCUT2D eigenvalue weighted by atomic mass is 16.4. The van der Waals surface area contributed by atoms with Gasteiger partial charge in [-0.1, -0.05) is 0 Å². The van der Waals surface area contributed by atoms with Crippen molar-refractivity contribution in [3.63, 3.8) is 0 Å². The molecular formula is C28H38N8O10. The first-order valence-electron chi connectivity index (χ1n) is 14.5. The van der Waals surface area contributed by atoms with Gasteiger partial charge in [0.2, 0.25) is 0 Å². The molecule has 6 rings (SSSR count). The average Bonchev–Trinajstić information content (AvgIpc) is 3.80. The lowest BCUT2D eigenvalue weighted by atomic mass is 10.1. The number of carbonyl (C=O) groups is 2. The number of aromatic nitrogens is 6. The van der Waals surface area contributed by atoms with E-state index in [1.807, 2.05) is 0 Å². The standard InChI is InChI=1S/2C12H16N4O3.C4H6O4/c2*17-5-8-3-16(4-9(8)18)2-7-1-13-11-10(7)14-6-15-12(11)19;5-3(6)1-2-4(7)8/h2*1,6,8-9,13,17-18H,2-5H2,(H,14,15,19);1-2H2,(H,5,6)(H,7,8)/t2*8-,9+;/m11./s1. The van der Waals surface area contributed by atoms with Crippen LogP contribution in [-0.4, -0.2) is 134 Å². The van der Waals surface area contributed by atoms with E-state index in [0.717, 1.165) is 11.1 Å². The normalized spacial score (nSPS) is 21.6. The smallest absolute Gasteiger partial charge is 0.303 e. The van der Waals surface area contributed by atoms with Crippen LogP contribution in [0.3, 0.4) is 0 Å². The molecule has 0 spiro atoms. The molecule has 0 aliphatic carbocycles. The van der Waals surface area contributed by atoms with Crippen molar-refractivity contribution in [3.05, 3.63) is 56.9 Å². The highest BCUT2D eigenvalue weighted by molar-refractivity contribution is 5.78. The summed E-state index contributed by atoms with van der Waals surface area (Å²) in [7, 11) is 0. The molecule has 18 heteroatoms. The van der Waals surface area contributed by atoms with E-state index in [-0.39, 0.29) is 49.0 Å². The number of aliphatic hydroxyl groups excluding tert-OH is 4. The monoisotopic (exact) mass is 646 g/mol. The summed E-state index contributed by atoms with van der Waals surface area (Å²) in [6.07, 6.45) is 4.73. The zero-order valence-electron chi connectivity index (χ0n) is 24.8. The summed E-state index contributed by atoms with van der Waals surface area (Å²) in [4.78, 5) is 65.8. The Hall–Kier alpha value is -4.46. The van der Waals surface area contributed by atoms with Crippen molar-refractivity contribution in [2.24, 2.45) is 11.8 Å². The number of hydrogen-bond donors (Lipinski definition) is 10. The summed E-state index contributed by atoms with van der Waals surface area (Å²) in [5.41, 5.74) is 3.72. The molecule has 4 aromatic rings. The largest absolute Gasteiger partial charge is 0.481 e. The number of nitrogens with zero attached hydrogens (tertiary/aromatic N) is 4. The molecule has 6 heterocycles. The van der Waals surface area contributed by atoms with Crippen LogP contribution in [0.4, 0.5) is 0 Å². The molecule has 0 amide bonds. The Morgan fingerprint density at radius 1 is 0.696 bits per heavy atom. The van der Waals surface area contributed by atoms with Crippen molar-refractivity contribution in [1.82, 2.24) is 39.7 Å². The third-order valence-electron chi connectivity index (χ3n) is 7.87. The van der Waals surface area contributed by atoms with E-state index in [2.05, 4.69) is 39.7 Å². The van der Waals surface area contributed by atoms with Crippen LogP contribution in [0.2, 0.25) is 0 Å². The van der Waals surface area contributed by atoms with Gasteiger partial charge in [-0.15, -0.1) is 0 Å². The Labute approximate surface area is 260 Å². The van der Waals surface area contributed by atoms with Gasteiger partial charge in [0, 0.05) is 87.8 Å². The van der Waals surface area contributed by atoms with Crippen LogP contribution in [0.1, 0.15) is 24.0 Å². The average molecular weight is 647 g/mol. The van der Waals surface area contributed by atoms with Gasteiger partial charge in [-0.25, -0.2) is 9.97 Å². The maximum absolute atomic E-state index is 11.6. The van der Waals surface area contributed by atoms with Crippen LogP contribution in [0, 0.1) is 11.8 Å². The third-order valence-corrected chi connectivity index (χ3v) is 7.87. The summed E-state index contributed by atoms with van der Waals surface area (Å²) in [5.74, 6) is -2.34. The number of nitrogens with one attached hydrogen (secondary N) is 4. The number of likely N-dealkylation sites (tertiary alicyclic amines) is 2. The molecule has 0 unspecified atom stereocenters. The van der Waals surface area contributed by atoms with Crippen LogP contribution >= 0.6 is 0 Å². The molecule has 0 saturated carbocycles. The first-order chi connectivity index (χ1) is 22.0. The SMILES string of the molecule is O=C(O)CCC(=O)O.O=c1[nH]cnc2c(CN3C[C@H](CO)[C@@H](O)C3)c[nH]c12.O=c1[nH]cnc2c(CN3C[C@H](CO)[C@@H](O)C3)c[nH]c12. The predicted octanol–water partition coefficient (Wildman–Crippen LogP) is -1.99. The summed E-state index contributed by atoms with van der Waals surface area (Å²) < 4.78 is 0. The number of hydrogen-bond acceptors (Lipinski definition) is 12. The van der Waals surface area contributed by atoms with Gasteiger partial charge in [0.25, 0.3) is 11.1 Å². The second-order valence-corrected chi connectivity index (χ2v) is 11.2. The number of carboxylic acids is 2. The number of β-amino-alcohol motifs (C(OH)–C–C–N with tert-alkyl or cyclic N) is 2. The Morgan fingerprint density at radius 3 is 1.41 bits per heavy atom. The summed E-state index contributed by atoms with van der Waals surface area (Å²) >= 11 is 0. The molecule has 250 valence electrons. The second kappa shape index (κ2) is 15.7. The van der Waals surface area contributed by atoms with Crippen molar-refractivity contribution >= 4 is 34.0 Å². The zero-order valence-corrected chi connectivity index (χ0v) is 24.8. The lowest BCUT2D eigenvalue weighted by molar-refractivity contribution is -0.143. The zero-order chi connectivity index (χ0) is 33.4. The highest BCUT2D eigenvalue weighted by Gasteiger charge is 2.32. The molecule has 10 N–H and O–H groups in total. The van der Waals surface area contributed by atoms with Gasteiger partial charge < -0.3 is 50.6 Å². The molecule has 2 aliphatic heterocycles. The van der Waals surface area contributed by atoms with E-state index >= 15 is 0 Å². The van der Waals surface area contributed by atoms with Crippen LogP contribution in [-0.2, 0) is 22.7 Å². The van der Waals surface area contributed by atoms with Crippen molar-refractivity contribution in [2.75, 3.05) is 39.4 Å². The minimum absolute atomic E-state index is 0.0104. The second-order valence-electron chi connectivity index (χ2n) is 11.2. The Balaban J connectivity index is 0.000000170. The van der Waals surface area contributed by atoms with Gasteiger partial charge in [-0.3, -0.25) is 29.0 Å². The molecule has 18 nitrogen and oxygen atoms in total. The van der Waals surface area contributed by atoms with Crippen molar-refractivity contribution in [2.45, 2.75) is 38.1 Å². The molecule has 0 radical (unpaired) electrons. The van der Waals surface area contributed by atoms with Crippen molar-refractivity contribution in [1.29, 1.82) is 0 Å². The van der Waals surface area contributed by atoms with E-state index in [1.165, 1.54) is 12.7 Å². The first kappa shape index (κ1) is 34.4. The van der Waals surface area contributed by atoms with Crippen LogP contribution in [0.5, 0.6) is 0 Å². The number of aromatic amines is 4. The minimum atomic E-state index is -1.08. The topological polar surface area (TPSA) is 285 Å². The van der Waals surface area contributed by atoms with Gasteiger partial charge in [-0.2, -0.15) is 0 Å². The Morgan fingerprint density at radius 2 is 1.09 bits per heavy atom. The van der Waals surface area contributed by atoms with Crippen molar-refractivity contribution in [3.8, 4) is 0 Å². The molecule has 4 aromatic heterocycles. The third kappa shape index (κ3) is 8.62. The minimum Gasteiger partial charge on any atom is -0.481 e. The van der Waals surface area contributed by atoms with Crippen LogP contribution in [0.25, 0.3) is 22.1 Å². The number of aliphatic hydroxyl groups is 4. The number of aliphatic carboxylic acids is 2. The number of fused-ring (bicyclic) bond motifs is 2. The number of carboxylic acid groups (broad SMARTS) is 2. The maximum atomic E-state index is 11.6. The molecule has 2 aliphatic rings. The van der Waals surface area contributed by atoms with Crippen LogP contribution in [0.15, 0.2) is 34.6 Å². The van der Waals surface area contributed by atoms with Gasteiger partial charge in [0.15, 0.2) is 0 Å². The van der Waals surface area contributed by atoms with E-state index in [4.69, 9.17) is 20.4 Å². The van der Waals surface area contributed by atoms with E-state index in [0.29, 0.717) is 61.3 Å². The fourth-order valence-corrected chi connectivity index (χ4v) is 5.45. The molecule has 0 bridgehead atoms. The molecule has 4 atom stereocenters. The lowest BCUT2D eigenvalue weighted by Gasteiger charge is -2.13. The van der Waals surface area contributed by atoms with E-state index in [9.17, 15) is 29.4 Å². The van der Waals surface area contributed by atoms with Gasteiger partial charge in [0.1, 0.15) is 11.0 Å². The number of rotatable bonds is 9. The molecule has 2 fully saturated rings. The molecule has 0 aromatic carbocycles. The fourth-order valence-electron chi connectivity index (χ4n) is 5.45. The first-order valence-corrected chi connectivity index (χ1v) is 14.5. The maximum Gasteiger partial charge on any atom is 0.303 e. The Bertz CT molecular complexity index is 1610. The summed E-state index contributed by atoms with van der Waals surface area (Å²) in [6, 6.07) is 0. The lowest BCUT2D eigenvalue weighted by Crippen LogP contribution is -2.21. The predicted molar refractivity (Wildman–Crippen MR) is 162 cm³/mol. The molecule has 2 saturated heterocycles. The van der Waals surface area contributed by atoms with Crippen LogP contribution < -0.4 is 11.1 Å². The summed E-state index contributed by atoms with van der Waals surface area (Å²) in [6.45, 7) is 3.53. The van der Waals surface area contributed by atoms with Gasteiger partial charge >= 0.3 is 11.9 Å². The quantitative estimate of drug-likeness (QED) is 0.0942. The van der Waals surface area contributed by atoms with Gasteiger partial charge in [0.05, 0.1) is 48.7 Å². The Kier molecular flexibility index (Phi) is 11.7. The van der Waals surface area contributed by atoms with Crippen molar-refractivity contribution < 1.29 is 40.2 Å². The highest BCUT2D eigenvalue weighted by Crippen LogP contribution is 2.22. The van der Waals surface area contributed by atoms with Gasteiger partial charge in [-0.05, 0) is 0 Å². The molecule has 46 heavy (non-hydrogen) atoms. The number of H-pyrrole nitrogens is 4. The van der Waals surface area contributed by atoms with E-state index < -0.39 is 24.1 Å².